The minimum absolute atomic E-state index is 0.103. The van der Waals surface area contributed by atoms with Crippen molar-refractivity contribution in [3.63, 3.8) is 0 Å². The first-order valence-corrected chi connectivity index (χ1v) is 16.1. The van der Waals surface area contributed by atoms with Gasteiger partial charge in [0.15, 0.2) is 0 Å². The molecule has 5 rings (SSSR count). The second kappa shape index (κ2) is 12.9. The summed E-state index contributed by atoms with van der Waals surface area (Å²) in [5.41, 5.74) is -0.587. The summed E-state index contributed by atoms with van der Waals surface area (Å²) in [6.07, 6.45) is 5.21. The van der Waals surface area contributed by atoms with Gasteiger partial charge in [0.25, 0.3) is 5.91 Å². The van der Waals surface area contributed by atoms with Crippen LogP contribution in [0.4, 0.5) is 5.69 Å². The summed E-state index contributed by atoms with van der Waals surface area (Å²) in [4.78, 5) is 45.9. The molecule has 8 atom stereocenters. The summed E-state index contributed by atoms with van der Waals surface area (Å²) < 4.78 is 12.3. The number of hydrogen-bond acceptors (Lipinski definition) is 6. The average molecular weight is 654 g/mol. The number of aliphatic hydroxyl groups is 1. The number of carbonyl (C=O) groups excluding carboxylic acids is 3. The minimum atomic E-state index is -1.26. The number of rotatable bonds is 13. The number of carbonyl (C=O) groups is 3. The van der Waals surface area contributed by atoms with E-state index in [1.807, 2.05) is 56.3 Å². The first kappa shape index (κ1) is 31.4. The van der Waals surface area contributed by atoms with Gasteiger partial charge in [-0.2, -0.15) is 0 Å². The second-order valence-corrected chi connectivity index (χ2v) is 13.1. The Kier molecular flexibility index (Phi) is 9.44. The summed E-state index contributed by atoms with van der Waals surface area (Å²) in [5.74, 6) is -3.02. The lowest BCUT2D eigenvalue weighted by Crippen LogP contribution is -2.60. The zero-order valence-electron chi connectivity index (χ0n) is 24.9. The van der Waals surface area contributed by atoms with Crippen LogP contribution >= 0.6 is 15.9 Å². The van der Waals surface area contributed by atoms with E-state index < -0.39 is 41.6 Å². The van der Waals surface area contributed by atoms with Crippen molar-refractivity contribution in [2.24, 2.45) is 17.8 Å². The van der Waals surface area contributed by atoms with Gasteiger partial charge in [-0.3, -0.25) is 14.4 Å². The number of halogens is 1. The van der Waals surface area contributed by atoms with Gasteiger partial charge in [0.1, 0.15) is 11.6 Å². The molecule has 230 valence electrons. The molecule has 0 aromatic heterocycles. The number of likely N-dealkylation sites (tertiary alicyclic amines) is 1. The Balaban J connectivity index is 1.59. The number of aliphatic hydroxyl groups excluding tert-OH is 1. The predicted molar refractivity (Wildman–Crippen MR) is 170 cm³/mol. The van der Waals surface area contributed by atoms with Crippen LogP contribution in [0.2, 0.25) is 0 Å². The Bertz CT molecular complexity index is 1400. The van der Waals surface area contributed by atoms with Crippen molar-refractivity contribution in [1.82, 2.24) is 4.90 Å². The summed E-state index contributed by atoms with van der Waals surface area (Å²) >= 11 is 3.72. The van der Waals surface area contributed by atoms with E-state index in [1.54, 1.807) is 17.1 Å². The van der Waals surface area contributed by atoms with E-state index in [4.69, 9.17) is 9.47 Å². The predicted octanol–water partition coefficient (Wildman–Crippen LogP) is 5.02. The van der Waals surface area contributed by atoms with Crippen LogP contribution in [-0.2, 0) is 23.9 Å². The van der Waals surface area contributed by atoms with Crippen molar-refractivity contribution in [3.8, 4) is 0 Å². The average Bonchev–Trinajstić information content (AvgIpc) is 3.61. The molecule has 2 bridgehead atoms. The molecule has 3 saturated heterocycles. The number of esters is 1. The quantitative estimate of drug-likeness (QED) is 0.141. The summed E-state index contributed by atoms with van der Waals surface area (Å²) in [6.45, 7) is 11.7. The number of ether oxygens (including phenoxy) is 2. The minimum Gasteiger partial charge on any atom is -0.465 e. The number of nitrogens with zero attached hydrogens (tertiary/aromatic N) is 2. The number of fused-ring (bicyclic) bond motifs is 2. The first-order valence-electron chi connectivity index (χ1n) is 15.2. The zero-order valence-corrected chi connectivity index (χ0v) is 26.4. The molecule has 0 aliphatic carbocycles. The number of benzene rings is 2. The largest absolute Gasteiger partial charge is 0.465 e. The van der Waals surface area contributed by atoms with E-state index in [2.05, 4.69) is 29.1 Å². The van der Waals surface area contributed by atoms with Crippen LogP contribution < -0.4 is 4.90 Å². The molecule has 8 nitrogen and oxygen atoms in total. The summed E-state index contributed by atoms with van der Waals surface area (Å²) in [5, 5.41) is 12.6. The molecule has 2 aromatic carbocycles. The van der Waals surface area contributed by atoms with Crippen molar-refractivity contribution in [3.05, 3.63) is 67.8 Å². The van der Waals surface area contributed by atoms with Gasteiger partial charge in [0.2, 0.25) is 5.91 Å². The molecular formula is C34H41BrN2O6. The third-order valence-corrected chi connectivity index (χ3v) is 10.3. The molecule has 3 unspecified atom stereocenters. The van der Waals surface area contributed by atoms with Crippen molar-refractivity contribution >= 4 is 50.2 Å². The van der Waals surface area contributed by atoms with Gasteiger partial charge in [0.05, 0.1) is 37.2 Å². The fraction of sp³-hybridized carbons (Fsp3) is 0.500. The summed E-state index contributed by atoms with van der Waals surface area (Å²) in [7, 11) is 0. The van der Waals surface area contributed by atoms with E-state index in [-0.39, 0.29) is 42.3 Å². The maximum Gasteiger partial charge on any atom is 0.312 e. The Morgan fingerprint density at radius 1 is 1.23 bits per heavy atom. The van der Waals surface area contributed by atoms with E-state index in [0.29, 0.717) is 31.4 Å². The Morgan fingerprint density at radius 2 is 1.98 bits per heavy atom. The maximum absolute atomic E-state index is 14.9. The number of anilines is 1. The molecular weight excluding hydrogens is 612 g/mol. The highest BCUT2D eigenvalue weighted by atomic mass is 79.9. The van der Waals surface area contributed by atoms with Crippen LogP contribution in [0.3, 0.4) is 0 Å². The van der Waals surface area contributed by atoms with Crippen molar-refractivity contribution in [1.29, 1.82) is 0 Å². The lowest BCUT2D eigenvalue weighted by atomic mass is 9.70. The Hall–Kier alpha value is -3.01. The standard InChI is InChI=1S/C34H41BrN2O6/c1-5-8-11-17-42-33(41)27-28-31(39)37(26(20-38)21(4)7-3)30(34(28)19-25(35)29(27)43-34)32(40)36(16-6-2)24-15-14-22-12-9-10-13-23(22)18-24/h5-6,9-10,12-15,18,21,25-30,38H,1-2,7-8,11,16-17,19-20H2,3-4H3/t21-,25?,26-,27+,28-,29+,30?,34?/m0/s1. The van der Waals surface area contributed by atoms with Gasteiger partial charge >= 0.3 is 5.97 Å². The second-order valence-electron chi connectivity index (χ2n) is 11.9. The molecule has 43 heavy (non-hydrogen) atoms. The van der Waals surface area contributed by atoms with Gasteiger partial charge in [0, 0.05) is 17.1 Å². The Morgan fingerprint density at radius 3 is 2.65 bits per heavy atom. The molecule has 0 radical (unpaired) electrons. The molecule has 3 fully saturated rings. The third-order valence-electron chi connectivity index (χ3n) is 9.50. The van der Waals surface area contributed by atoms with Crippen LogP contribution in [0.15, 0.2) is 67.8 Å². The van der Waals surface area contributed by atoms with Crippen molar-refractivity contribution < 1.29 is 29.0 Å². The number of allylic oxidation sites excluding steroid dienone is 1. The van der Waals surface area contributed by atoms with Crippen LogP contribution in [-0.4, -0.2) is 76.2 Å². The summed E-state index contributed by atoms with van der Waals surface area (Å²) in [6, 6.07) is 12.0. The van der Waals surface area contributed by atoms with Gasteiger partial charge in [-0.15, -0.1) is 13.2 Å². The molecule has 2 aromatic rings. The van der Waals surface area contributed by atoms with E-state index in [1.165, 1.54) is 4.90 Å². The molecule has 1 spiro atoms. The molecule has 3 aliphatic heterocycles. The fourth-order valence-corrected chi connectivity index (χ4v) is 8.17. The van der Waals surface area contributed by atoms with Gasteiger partial charge < -0.3 is 24.4 Å². The SMILES string of the molecule is C=CCCCOC(=O)[C@H]1[C@@H]2OC3(CC2Br)C(C(=O)N(CC=C)c2ccc4ccccc4c2)N([C@@H](CO)[C@@H](C)CC)C(=O)[C@H]13. The molecule has 9 heteroatoms. The number of amides is 2. The first-order chi connectivity index (χ1) is 20.7. The van der Waals surface area contributed by atoms with E-state index in [0.717, 1.165) is 10.8 Å². The van der Waals surface area contributed by atoms with Crippen LogP contribution in [0, 0.1) is 17.8 Å². The van der Waals surface area contributed by atoms with Crippen molar-refractivity contribution in [2.75, 3.05) is 24.7 Å². The third kappa shape index (κ3) is 5.34. The lowest BCUT2D eigenvalue weighted by molar-refractivity contribution is -0.156. The fourth-order valence-electron chi connectivity index (χ4n) is 7.23. The molecule has 3 aliphatic rings. The monoisotopic (exact) mass is 652 g/mol. The smallest absolute Gasteiger partial charge is 0.312 e. The molecule has 1 N–H and O–H groups in total. The highest BCUT2D eigenvalue weighted by Gasteiger charge is 2.77. The highest BCUT2D eigenvalue weighted by molar-refractivity contribution is 9.09. The van der Waals surface area contributed by atoms with Gasteiger partial charge in [-0.05, 0) is 48.1 Å². The van der Waals surface area contributed by atoms with Crippen LogP contribution in [0.5, 0.6) is 0 Å². The van der Waals surface area contributed by atoms with Crippen molar-refractivity contribution in [2.45, 2.75) is 68.1 Å². The number of hydrogen-bond donors (Lipinski definition) is 1. The van der Waals surface area contributed by atoms with Crippen LogP contribution in [0.25, 0.3) is 10.8 Å². The number of unbranched alkanes of at least 4 members (excludes halogenated alkanes) is 1. The molecule has 0 saturated carbocycles. The van der Waals surface area contributed by atoms with E-state index >= 15 is 0 Å². The van der Waals surface area contributed by atoms with Gasteiger partial charge in [-0.1, -0.05) is 78.7 Å². The van der Waals surface area contributed by atoms with Crippen LogP contribution in [0.1, 0.15) is 39.5 Å². The lowest BCUT2D eigenvalue weighted by Gasteiger charge is -2.41. The normalized spacial score (nSPS) is 28.9. The van der Waals surface area contributed by atoms with E-state index in [9.17, 15) is 19.5 Å². The maximum atomic E-state index is 14.9. The zero-order chi connectivity index (χ0) is 30.9. The Labute approximate surface area is 261 Å². The molecule has 3 heterocycles. The molecule has 2 amide bonds. The number of alkyl halides is 1. The van der Waals surface area contributed by atoms with Gasteiger partial charge in [-0.25, -0.2) is 0 Å². The highest BCUT2D eigenvalue weighted by Crippen LogP contribution is 2.61. The topological polar surface area (TPSA) is 96.4 Å².